The van der Waals surface area contributed by atoms with Crippen LogP contribution in [0.2, 0.25) is 5.02 Å². The number of aliphatic carboxylic acids is 1. The highest BCUT2D eigenvalue weighted by molar-refractivity contribution is 7.89. The Hall–Kier alpha value is -1.18. The minimum absolute atomic E-state index is 0.0768. The lowest BCUT2D eigenvalue weighted by molar-refractivity contribution is -0.139. The van der Waals surface area contributed by atoms with E-state index in [1.807, 2.05) is 4.72 Å². The molecule has 0 aliphatic carbocycles. The van der Waals surface area contributed by atoms with Gasteiger partial charge in [-0.05, 0) is 24.6 Å². The molecule has 0 aromatic heterocycles. The lowest BCUT2D eigenvalue weighted by atomic mass is 10.2. The van der Waals surface area contributed by atoms with Crippen LogP contribution in [0.3, 0.4) is 0 Å². The quantitative estimate of drug-likeness (QED) is 0.864. The van der Waals surface area contributed by atoms with Gasteiger partial charge >= 0.3 is 5.97 Å². The van der Waals surface area contributed by atoms with Gasteiger partial charge in [-0.25, -0.2) is 12.8 Å². The number of rotatable bonds is 5. The van der Waals surface area contributed by atoms with Gasteiger partial charge in [-0.1, -0.05) is 18.5 Å². The van der Waals surface area contributed by atoms with Gasteiger partial charge in [-0.3, -0.25) is 4.79 Å². The zero-order chi connectivity index (χ0) is 13.9. The average Bonchev–Trinajstić information content (AvgIpc) is 2.24. The molecule has 1 rings (SSSR count). The van der Waals surface area contributed by atoms with Crippen molar-refractivity contribution >= 4 is 27.6 Å². The van der Waals surface area contributed by atoms with Crippen LogP contribution in [0.15, 0.2) is 23.1 Å². The number of hydrogen-bond donors (Lipinski definition) is 2. The Morgan fingerprint density at radius 1 is 1.56 bits per heavy atom. The zero-order valence-electron chi connectivity index (χ0n) is 9.35. The van der Waals surface area contributed by atoms with Crippen molar-refractivity contribution in [1.82, 2.24) is 4.72 Å². The zero-order valence-corrected chi connectivity index (χ0v) is 10.9. The smallest absolute Gasteiger partial charge is 0.321 e. The lowest BCUT2D eigenvalue weighted by Gasteiger charge is -2.13. The average molecular weight is 296 g/mol. The number of carboxylic acids is 1. The van der Waals surface area contributed by atoms with E-state index in [0.717, 1.165) is 18.2 Å². The Bertz CT molecular complexity index is 561. The molecule has 1 aromatic rings. The van der Waals surface area contributed by atoms with Crippen molar-refractivity contribution in [2.45, 2.75) is 24.3 Å². The van der Waals surface area contributed by atoms with Crippen molar-refractivity contribution in [2.75, 3.05) is 0 Å². The number of carboxylic acid groups (broad SMARTS) is 1. The molecule has 0 unspecified atom stereocenters. The van der Waals surface area contributed by atoms with Crippen LogP contribution in [-0.2, 0) is 14.8 Å². The molecular weight excluding hydrogens is 285 g/mol. The van der Waals surface area contributed by atoms with Gasteiger partial charge in [0.1, 0.15) is 16.8 Å². The minimum atomic E-state index is -4.09. The first kappa shape index (κ1) is 14.9. The fourth-order valence-electron chi connectivity index (χ4n) is 1.25. The second-order valence-corrected chi connectivity index (χ2v) is 5.58. The van der Waals surface area contributed by atoms with Gasteiger partial charge in [0.2, 0.25) is 10.0 Å². The largest absolute Gasteiger partial charge is 0.480 e. The first-order valence-electron chi connectivity index (χ1n) is 4.98. The van der Waals surface area contributed by atoms with Crippen LogP contribution in [0.4, 0.5) is 4.39 Å². The molecule has 8 heteroatoms. The number of benzene rings is 1. The summed E-state index contributed by atoms with van der Waals surface area (Å²) < 4.78 is 38.5. The van der Waals surface area contributed by atoms with Crippen LogP contribution >= 0.6 is 11.6 Å². The second kappa shape index (κ2) is 5.64. The minimum Gasteiger partial charge on any atom is -0.480 e. The summed E-state index contributed by atoms with van der Waals surface area (Å²) >= 11 is 5.61. The standard InChI is InChI=1S/C10H11ClFNO4S/c1-2-8(10(14)15)13-18(16,17)9-4-3-6(12)5-7(9)11/h3-5,8,13H,2H2,1H3,(H,14,15)/t8-/m1/s1. The molecule has 0 amide bonds. The molecular formula is C10H11ClFNO4S. The third kappa shape index (κ3) is 3.41. The summed E-state index contributed by atoms with van der Waals surface area (Å²) in [4.78, 5) is 10.4. The molecule has 0 fully saturated rings. The normalized spacial score (nSPS) is 13.3. The maximum absolute atomic E-state index is 12.8. The van der Waals surface area contributed by atoms with Gasteiger partial charge in [0.25, 0.3) is 0 Å². The molecule has 100 valence electrons. The summed E-state index contributed by atoms with van der Waals surface area (Å²) in [6, 6.07) is 1.50. The van der Waals surface area contributed by atoms with Crippen molar-refractivity contribution < 1.29 is 22.7 Å². The van der Waals surface area contributed by atoms with Gasteiger partial charge in [0.15, 0.2) is 0 Å². The predicted octanol–water partition coefficient (Wildman–Crippen LogP) is 1.62. The molecule has 0 saturated heterocycles. The number of nitrogens with one attached hydrogen (secondary N) is 1. The van der Waals surface area contributed by atoms with Gasteiger partial charge < -0.3 is 5.11 Å². The van der Waals surface area contributed by atoms with E-state index in [0.29, 0.717) is 0 Å². The summed E-state index contributed by atoms with van der Waals surface area (Å²) in [5.74, 6) is -1.97. The fourth-order valence-corrected chi connectivity index (χ4v) is 3.06. The lowest BCUT2D eigenvalue weighted by Crippen LogP contribution is -2.40. The highest BCUT2D eigenvalue weighted by atomic mass is 35.5. The van der Waals surface area contributed by atoms with Crippen LogP contribution in [0, 0.1) is 5.82 Å². The molecule has 0 radical (unpaired) electrons. The second-order valence-electron chi connectivity index (χ2n) is 3.50. The highest BCUT2D eigenvalue weighted by Gasteiger charge is 2.25. The highest BCUT2D eigenvalue weighted by Crippen LogP contribution is 2.22. The van der Waals surface area contributed by atoms with Crippen LogP contribution in [0.25, 0.3) is 0 Å². The van der Waals surface area contributed by atoms with E-state index >= 15 is 0 Å². The van der Waals surface area contributed by atoms with E-state index in [1.165, 1.54) is 6.92 Å². The monoisotopic (exact) mass is 295 g/mol. The molecule has 0 aliphatic heterocycles. The van der Waals surface area contributed by atoms with Crippen LogP contribution < -0.4 is 4.72 Å². The summed E-state index contributed by atoms with van der Waals surface area (Å²) in [7, 11) is -4.09. The van der Waals surface area contributed by atoms with Crippen molar-refractivity contribution in [3.8, 4) is 0 Å². The molecule has 5 nitrogen and oxygen atoms in total. The maximum Gasteiger partial charge on any atom is 0.321 e. The van der Waals surface area contributed by atoms with E-state index in [1.54, 1.807) is 0 Å². The maximum atomic E-state index is 12.8. The Kier molecular flexibility index (Phi) is 4.66. The van der Waals surface area contributed by atoms with Gasteiger partial charge in [0.05, 0.1) is 5.02 Å². The number of carbonyl (C=O) groups is 1. The molecule has 0 aliphatic rings. The molecule has 0 saturated carbocycles. The molecule has 1 atom stereocenters. The van der Waals surface area contributed by atoms with E-state index < -0.39 is 27.9 Å². The van der Waals surface area contributed by atoms with E-state index in [-0.39, 0.29) is 16.3 Å². The third-order valence-electron chi connectivity index (χ3n) is 2.19. The molecule has 0 bridgehead atoms. The summed E-state index contributed by atoms with van der Waals surface area (Å²) in [5, 5.41) is 8.47. The van der Waals surface area contributed by atoms with Gasteiger partial charge in [-0.15, -0.1) is 0 Å². The fraction of sp³-hybridized carbons (Fsp3) is 0.300. The Balaban J connectivity index is 3.10. The first-order chi connectivity index (χ1) is 8.27. The van der Waals surface area contributed by atoms with Crippen molar-refractivity contribution in [3.63, 3.8) is 0 Å². The van der Waals surface area contributed by atoms with E-state index in [9.17, 15) is 17.6 Å². The van der Waals surface area contributed by atoms with E-state index in [2.05, 4.69) is 0 Å². The van der Waals surface area contributed by atoms with Gasteiger partial charge in [0, 0.05) is 0 Å². The Morgan fingerprint density at radius 2 is 2.17 bits per heavy atom. The number of hydrogen-bond acceptors (Lipinski definition) is 3. The molecule has 0 spiro atoms. The van der Waals surface area contributed by atoms with Crippen molar-refractivity contribution in [1.29, 1.82) is 0 Å². The van der Waals surface area contributed by atoms with Crippen molar-refractivity contribution in [2.24, 2.45) is 0 Å². The van der Waals surface area contributed by atoms with Gasteiger partial charge in [-0.2, -0.15) is 4.72 Å². The number of halogens is 2. The van der Waals surface area contributed by atoms with Crippen molar-refractivity contribution in [3.05, 3.63) is 29.0 Å². The van der Waals surface area contributed by atoms with Crippen LogP contribution in [0.1, 0.15) is 13.3 Å². The molecule has 0 heterocycles. The Morgan fingerprint density at radius 3 is 2.61 bits per heavy atom. The molecule has 1 aromatic carbocycles. The Labute approximate surface area is 109 Å². The molecule has 2 N–H and O–H groups in total. The molecule has 18 heavy (non-hydrogen) atoms. The van der Waals surface area contributed by atoms with Crippen LogP contribution in [0.5, 0.6) is 0 Å². The summed E-state index contributed by atoms with van der Waals surface area (Å²) in [6.45, 7) is 1.52. The topological polar surface area (TPSA) is 83.5 Å². The third-order valence-corrected chi connectivity index (χ3v) is 4.14. The predicted molar refractivity (Wildman–Crippen MR) is 63.4 cm³/mol. The number of sulfonamides is 1. The van der Waals surface area contributed by atoms with E-state index in [4.69, 9.17) is 16.7 Å². The first-order valence-corrected chi connectivity index (χ1v) is 6.84. The van der Waals surface area contributed by atoms with Crippen LogP contribution in [-0.4, -0.2) is 25.5 Å². The SMILES string of the molecule is CC[C@@H](NS(=O)(=O)c1ccc(F)cc1Cl)C(=O)O. The summed E-state index contributed by atoms with van der Waals surface area (Å²) in [6.07, 6.45) is 0.0768. The summed E-state index contributed by atoms with van der Waals surface area (Å²) in [5.41, 5.74) is 0.